The number of β-amino-alcohol motifs (C(OH)–C–C–N with tert-alkyl or cyclic N) is 1. The SMILES string of the molecule is COc1cccc(CN2CC(O)CC3(CCN(Cc4sccc4Cl)CC3)C2)n1. The second kappa shape index (κ2) is 8.67. The molecule has 1 atom stereocenters. The number of nitrogens with zero attached hydrogens (tertiary/aromatic N) is 3. The number of methoxy groups -OCH3 is 1. The highest BCUT2D eigenvalue weighted by atomic mass is 35.5. The lowest BCUT2D eigenvalue weighted by molar-refractivity contribution is -0.0449. The summed E-state index contributed by atoms with van der Waals surface area (Å²) in [6.45, 7) is 5.56. The van der Waals surface area contributed by atoms with E-state index in [1.807, 2.05) is 24.3 Å². The van der Waals surface area contributed by atoms with Crippen LogP contribution >= 0.6 is 22.9 Å². The molecule has 0 amide bonds. The molecule has 0 saturated carbocycles. The summed E-state index contributed by atoms with van der Waals surface area (Å²) in [6, 6.07) is 7.86. The lowest BCUT2D eigenvalue weighted by Crippen LogP contribution is -2.53. The van der Waals surface area contributed by atoms with Gasteiger partial charge >= 0.3 is 0 Å². The standard InChI is InChI=1S/C21H28ClN3O2S/c1-27-20-4-2-3-16(23-20)12-25-13-17(26)11-21(15-25)6-8-24(9-7-21)14-19-18(22)5-10-28-19/h2-5,10,17,26H,6-9,11-15H2,1H3. The highest BCUT2D eigenvalue weighted by Crippen LogP contribution is 2.41. The highest BCUT2D eigenvalue weighted by Gasteiger charge is 2.41. The van der Waals surface area contributed by atoms with Gasteiger partial charge in [-0.3, -0.25) is 9.80 Å². The van der Waals surface area contributed by atoms with Crippen LogP contribution in [0.5, 0.6) is 5.88 Å². The van der Waals surface area contributed by atoms with E-state index < -0.39 is 0 Å². The summed E-state index contributed by atoms with van der Waals surface area (Å²) in [5.41, 5.74) is 1.19. The number of thiophene rings is 1. The first-order chi connectivity index (χ1) is 13.5. The summed E-state index contributed by atoms with van der Waals surface area (Å²) in [7, 11) is 1.64. The molecule has 0 bridgehead atoms. The van der Waals surface area contributed by atoms with Crippen molar-refractivity contribution in [2.75, 3.05) is 33.3 Å². The maximum Gasteiger partial charge on any atom is 0.213 e. The Kier molecular flexibility index (Phi) is 6.23. The van der Waals surface area contributed by atoms with E-state index in [0.29, 0.717) is 5.88 Å². The fraction of sp³-hybridized carbons (Fsp3) is 0.571. The van der Waals surface area contributed by atoms with E-state index in [1.165, 1.54) is 4.88 Å². The van der Waals surface area contributed by atoms with Gasteiger partial charge in [-0.25, -0.2) is 4.98 Å². The van der Waals surface area contributed by atoms with Crippen molar-refractivity contribution in [2.24, 2.45) is 5.41 Å². The normalized spacial score (nSPS) is 23.2. The monoisotopic (exact) mass is 421 g/mol. The van der Waals surface area contributed by atoms with Crippen LogP contribution in [0.4, 0.5) is 0 Å². The smallest absolute Gasteiger partial charge is 0.213 e. The van der Waals surface area contributed by atoms with Crippen LogP contribution in [0.2, 0.25) is 5.02 Å². The Morgan fingerprint density at radius 2 is 2.07 bits per heavy atom. The zero-order valence-corrected chi connectivity index (χ0v) is 17.9. The van der Waals surface area contributed by atoms with Crippen LogP contribution in [0.15, 0.2) is 29.6 Å². The van der Waals surface area contributed by atoms with Gasteiger partial charge in [0.1, 0.15) is 0 Å². The minimum atomic E-state index is -0.266. The molecule has 0 radical (unpaired) electrons. The fourth-order valence-corrected chi connectivity index (χ4v) is 5.80. The molecule has 28 heavy (non-hydrogen) atoms. The highest BCUT2D eigenvalue weighted by molar-refractivity contribution is 7.10. The number of likely N-dealkylation sites (tertiary alicyclic amines) is 2. The van der Waals surface area contributed by atoms with E-state index in [2.05, 4.69) is 20.2 Å². The van der Waals surface area contributed by atoms with Gasteiger partial charge in [-0.2, -0.15) is 0 Å². The summed E-state index contributed by atoms with van der Waals surface area (Å²) < 4.78 is 5.25. The molecule has 7 heteroatoms. The number of rotatable bonds is 5. The maximum absolute atomic E-state index is 10.6. The van der Waals surface area contributed by atoms with Gasteiger partial charge in [-0.15, -0.1) is 11.3 Å². The molecule has 1 unspecified atom stereocenters. The van der Waals surface area contributed by atoms with Crippen molar-refractivity contribution in [1.29, 1.82) is 0 Å². The zero-order valence-electron chi connectivity index (χ0n) is 16.3. The Balaban J connectivity index is 1.37. The second-order valence-electron chi connectivity index (χ2n) is 8.17. The summed E-state index contributed by atoms with van der Waals surface area (Å²) in [6.07, 6.45) is 2.88. The largest absolute Gasteiger partial charge is 0.481 e. The Hall–Kier alpha value is -1.18. The van der Waals surface area contributed by atoms with Gasteiger partial charge in [0.2, 0.25) is 5.88 Å². The van der Waals surface area contributed by atoms with Gasteiger partial charge in [0.15, 0.2) is 0 Å². The third-order valence-electron chi connectivity index (χ3n) is 6.05. The number of aliphatic hydroxyl groups excluding tert-OH is 1. The summed E-state index contributed by atoms with van der Waals surface area (Å²) in [4.78, 5) is 10.7. The van der Waals surface area contributed by atoms with Gasteiger partial charge in [0.05, 0.1) is 23.9 Å². The first-order valence-corrected chi connectivity index (χ1v) is 11.2. The number of hydrogen-bond donors (Lipinski definition) is 1. The van der Waals surface area contributed by atoms with E-state index in [1.54, 1.807) is 18.4 Å². The molecule has 2 saturated heterocycles. The average molecular weight is 422 g/mol. The molecule has 2 fully saturated rings. The van der Waals surface area contributed by atoms with Gasteiger partial charge in [-0.05, 0) is 55.3 Å². The minimum Gasteiger partial charge on any atom is -0.481 e. The Bertz CT molecular complexity index is 791. The van der Waals surface area contributed by atoms with Gasteiger partial charge in [0.25, 0.3) is 0 Å². The lowest BCUT2D eigenvalue weighted by atomic mass is 9.71. The number of pyridine rings is 1. The van der Waals surface area contributed by atoms with Gasteiger partial charge in [0, 0.05) is 37.1 Å². The van der Waals surface area contributed by atoms with Crippen LogP contribution in [-0.2, 0) is 13.1 Å². The number of halogens is 1. The molecule has 2 aliphatic rings. The van der Waals surface area contributed by atoms with Crippen LogP contribution in [0.1, 0.15) is 29.8 Å². The average Bonchev–Trinajstić information content (AvgIpc) is 3.08. The van der Waals surface area contributed by atoms with Gasteiger partial charge in [-0.1, -0.05) is 17.7 Å². The summed E-state index contributed by atoms with van der Waals surface area (Å²) in [5.74, 6) is 0.644. The van der Waals surface area contributed by atoms with Crippen LogP contribution in [0, 0.1) is 5.41 Å². The van der Waals surface area contributed by atoms with E-state index in [-0.39, 0.29) is 11.5 Å². The molecular weight excluding hydrogens is 394 g/mol. The van der Waals surface area contributed by atoms with Crippen molar-refractivity contribution in [2.45, 2.75) is 38.5 Å². The van der Waals surface area contributed by atoms with Crippen molar-refractivity contribution >= 4 is 22.9 Å². The Morgan fingerprint density at radius 3 is 2.79 bits per heavy atom. The molecule has 2 aromatic heterocycles. The van der Waals surface area contributed by atoms with Crippen molar-refractivity contribution in [3.8, 4) is 5.88 Å². The van der Waals surface area contributed by atoms with Crippen molar-refractivity contribution in [3.63, 3.8) is 0 Å². The first kappa shape index (κ1) is 20.1. The molecule has 0 aromatic carbocycles. The predicted molar refractivity (Wildman–Crippen MR) is 113 cm³/mol. The van der Waals surface area contributed by atoms with Crippen molar-refractivity contribution < 1.29 is 9.84 Å². The summed E-state index contributed by atoms with van der Waals surface area (Å²) >= 11 is 8.00. The van der Waals surface area contributed by atoms with Gasteiger partial charge < -0.3 is 9.84 Å². The van der Waals surface area contributed by atoms with E-state index in [0.717, 1.165) is 69.2 Å². The number of aliphatic hydroxyl groups is 1. The molecule has 1 spiro atoms. The predicted octanol–water partition coefficient (Wildman–Crippen LogP) is 3.65. The molecule has 5 nitrogen and oxygen atoms in total. The molecule has 1 N–H and O–H groups in total. The zero-order chi connectivity index (χ0) is 19.6. The van der Waals surface area contributed by atoms with Crippen molar-refractivity contribution in [1.82, 2.24) is 14.8 Å². The number of aromatic nitrogens is 1. The third-order valence-corrected chi connectivity index (χ3v) is 7.42. The third kappa shape index (κ3) is 4.69. The van der Waals surface area contributed by atoms with Crippen LogP contribution in [-0.4, -0.2) is 59.3 Å². The number of ether oxygens (including phenoxy) is 1. The Morgan fingerprint density at radius 1 is 1.25 bits per heavy atom. The minimum absolute atomic E-state index is 0.201. The fourth-order valence-electron chi connectivity index (χ4n) is 4.66. The molecule has 4 rings (SSSR count). The van der Waals surface area contributed by atoms with Crippen LogP contribution in [0.25, 0.3) is 0 Å². The lowest BCUT2D eigenvalue weighted by Gasteiger charge is -2.49. The quantitative estimate of drug-likeness (QED) is 0.798. The Labute approximate surface area is 175 Å². The van der Waals surface area contributed by atoms with Crippen molar-refractivity contribution in [3.05, 3.63) is 45.2 Å². The molecule has 152 valence electrons. The molecule has 0 aliphatic carbocycles. The molecule has 2 aromatic rings. The van der Waals surface area contributed by atoms with E-state index in [9.17, 15) is 5.11 Å². The molecule has 4 heterocycles. The van der Waals surface area contributed by atoms with Crippen LogP contribution in [0.3, 0.4) is 0 Å². The topological polar surface area (TPSA) is 48.8 Å². The second-order valence-corrected chi connectivity index (χ2v) is 9.57. The number of hydrogen-bond acceptors (Lipinski definition) is 6. The number of piperidine rings is 2. The van der Waals surface area contributed by atoms with E-state index >= 15 is 0 Å². The maximum atomic E-state index is 10.6. The van der Waals surface area contributed by atoms with E-state index in [4.69, 9.17) is 16.3 Å². The molecular formula is C21H28ClN3O2S. The first-order valence-electron chi connectivity index (χ1n) is 9.90. The van der Waals surface area contributed by atoms with Crippen LogP contribution < -0.4 is 4.74 Å². The summed E-state index contributed by atoms with van der Waals surface area (Å²) in [5, 5.41) is 13.5. The molecule has 2 aliphatic heterocycles.